The van der Waals surface area contributed by atoms with Gasteiger partial charge in [-0.05, 0) is 57.8 Å². The van der Waals surface area contributed by atoms with Crippen molar-refractivity contribution in [2.75, 3.05) is 13.2 Å². The number of esters is 1. The van der Waals surface area contributed by atoms with E-state index in [9.17, 15) is 19.8 Å². The van der Waals surface area contributed by atoms with E-state index < -0.39 is 12.1 Å². The summed E-state index contributed by atoms with van der Waals surface area (Å²) >= 11 is 0. The molecular weight excluding hydrogens is 683 g/mol. The number of unbranched alkanes of at least 4 members (excludes halogenated alkanes) is 31. The number of ether oxygens (including phenoxy) is 1. The fourth-order valence-electron chi connectivity index (χ4n) is 7.21. The average molecular weight is 776 g/mol. The number of rotatable bonds is 44. The first kappa shape index (κ1) is 53.3. The number of aliphatic hydroxyl groups is 2. The molecule has 0 rings (SSSR count). The molecule has 0 spiro atoms. The topological polar surface area (TPSA) is 95.9 Å². The summed E-state index contributed by atoms with van der Waals surface area (Å²) in [6.07, 6.45) is 51.7. The molecule has 0 aromatic heterocycles. The third-order valence-corrected chi connectivity index (χ3v) is 11.0. The second-order valence-corrected chi connectivity index (χ2v) is 16.4. The molecule has 6 heteroatoms. The Bertz CT molecular complexity index is 858. The van der Waals surface area contributed by atoms with Gasteiger partial charge < -0.3 is 20.3 Å². The Labute approximate surface area is 341 Å². The minimum absolute atomic E-state index is 0.00799. The van der Waals surface area contributed by atoms with Gasteiger partial charge in [-0.1, -0.05) is 205 Å². The molecule has 2 atom stereocenters. The summed E-state index contributed by atoms with van der Waals surface area (Å²) in [7, 11) is 0. The predicted octanol–water partition coefficient (Wildman–Crippen LogP) is 14.0. The maximum Gasteiger partial charge on any atom is 0.305 e. The van der Waals surface area contributed by atoms with Gasteiger partial charge in [0, 0.05) is 12.8 Å². The molecule has 2 unspecified atom stereocenters. The molecule has 0 bridgehead atoms. The van der Waals surface area contributed by atoms with E-state index in [0.717, 1.165) is 44.9 Å². The molecule has 0 aliphatic rings. The largest absolute Gasteiger partial charge is 0.466 e. The van der Waals surface area contributed by atoms with Crippen molar-refractivity contribution < 1.29 is 24.5 Å². The third-order valence-electron chi connectivity index (χ3n) is 11.0. The van der Waals surface area contributed by atoms with Crippen LogP contribution < -0.4 is 5.32 Å². The van der Waals surface area contributed by atoms with Crippen molar-refractivity contribution in [3.05, 3.63) is 24.3 Å². The van der Waals surface area contributed by atoms with Gasteiger partial charge >= 0.3 is 5.97 Å². The lowest BCUT2D eigenvalue weighted by Gasteiger charge is -2.20. The van der Waals surface area contributed by atoms with Gasteiger partial charge in [0.1, 0.15) is 0 Å². The Hall–Kier alpha value is -1.66. The molecule has 1 amide bonds. The lowest BCUT2D eigenvalue weighted by Crippen LogP contribution is -2.45. The fourth-order valence-corrected chi connectivity index (χ4v) is 7.21. The molecule has 0 aliphatic carbocycles. The van der Waals surface area contributed by atoms with Crippen LogP contribution in [-0.2, 0) is 14.3 Å². The summed E-state index contributed by atoms with van der Waals surface area (Å²) in [5.41, 5.74) is 0. The first-order valence-corrected chi connectivity index (χ1v) is 24.1. The Kier molecular flexibility index (Phi) is 43.7. The highest BCUT2D eigenvalue weighted by Crippen LogP contribution is 2.15. The van der Waals surface area contributed by atoms with Crippen LogP contribution >= 0.6 is 0 Å². The number of nitrogens with one attached hydrogen (secondary N) is 1. The zero-order valence-corrected chi connectivity index (χ0v) is 36.7. The van der Waals surface area contributed by atoms with Crippen LogP contribution in [0.3, 0.4) is 0 Å². The monoisotopic (exact) mass is 776 g/mol. The van der Waals surface area contributed by atoms with Crippen molar-refractivity contribution in [2.45, 2.75) is 264 Å². The van der Waals surface area contributed by atoms with E-state index in [-0.39, 0.29) is 18.5 Å². The first-order chi connectivity index (χ1) is 27.0. The summed E-state index contributed by atoms with van der Waals surface area (Å²) in [5.74, 6) is -0.0864. The molecule has 0 aromatic rings. The van der Waals surface area contributed by atoms with Crippen molar-refractivity contribution in [3.63, 3.8) is 0 Å². The van der Waals surface area contributed by atoms with Gasteiger partial charge in [0.15, 0.2) is 0 Å². The van der Waals surface area contributed by atoms with Crippen LogP contribution in [0.15, 0.2) is 24.3 Å². The van der Waals surface area contributed by atoms with E-state index in [1.807, 2.05) is 6.08 Å². The molecule has 6 nitrogen and oxygen atoms in total. The second-order valence-electron chi connectivity index (χ2n) is 16.4. The quantitative estimate of drug-likeness (QED) is 0.0325. The van der Waals surface area contributed by atoms with E-state index in [1.54, 1.807) is 6.08 Å². The second kappa shape index (κ2) is 45.0. The van der Waals surface area contributed by atoms with Crippen molar-refractivity contribution in [1.82, 2.24) is 5.32 Å². The molecule has 0 heterocycles. The Morgan fingerprint density at radius 3 is 1.31 bits per heavy atom. The Balaban J connectivity index is 3.43. The van der Waals surface area contributed by atoms with Crippen LogP contribution in [0.2, 0.25) is 0 Å². The third kappa shape index (κ3) is 41.8. The van der Waals surface area contributed by atoms with Crippen molar-refractivity contribution in [3.8, 4) is 0 Å². The number of carbonyl (C=O) groups excluding carboxylic acids is 2. The highest BCUT2D eigenvalue weighted by molar-refractivity contribution is 5.76. The number of carbonyl (C=O) groups is 2. The standard InChI is InChI=1S/C49H93NO5/c1-3-5-7-9-11-13-14-19-23-27-31-35-39-43-49(54)55-44-40-36-32-28-24-21-18-16-15-17-20-22-26-30-34-38-42-48(53)50-46(45-51)47(52)41-37-33-29-25-12-10-8-6-4-2/h13-14,37,41,46-47,51-52H,3-12,15-36,38-40,42-45H2,1-2H3,(H,50,53)/b14-13-,41-37+. The molecular formula is C49H93NO5. The van der Waals surface area contributed by atoms with Crippen LogP contribution in [-0.4, -0.2) is 47.4 Å². The summed E-state index contributed by atoms with van der Waals surface area (Å²) < 4.78 is 5.45. The van der Waals surface area contributed by atoms with Crippen LogP contribution in [0, 0.1) is 0 Å². The molecule has 3 N–H and O–H groups in total. The number of aliphatic hydroxyl groups excluding tert-OH is 2. The van der Waals surface area contributed by atoms with Crippen molar-refractivity contribution in [1.29, 1.82) is 0 Å². The summed E-state index contributed by atoms with van der Waals surface area (Å²) in [4.78, 5) is 24.3. The van der Waals surface area contributed by atoms with Gasteiger partial charge in [0.05, 0.1) is 25.4 Å². The molecule has 0 aromatic carbocycles. The van der Waals surface area contributed by atoms with Crippen LogP contribution in [0.5, 0.6) is 0 Å². The zero-order chi connectivity index (χ0) is 40.1. The van der Waals surface area contributed by atoms with Crippen molar-refractivity contribution >= 4 is 11.9 Å². The Morgan fingerprint density at radius 1 is 0.491 bits per heavy atom. The molecule has 0 saturated heterocycles. The predicted molar refractivity (Wildman–Crippen MR) is 236 cm³/mol. The fraction of sp³-hybridized carbons (Fsp3) is 0.878. The highest BCUT2D eigenvalue weighted by Gasteiger charge is 2.18. The van der Waals surface area contributed by atoms with Crippen LogP contribution in [0.4, 0.5) is 0 Å². The van der Waals surface area contributed by atoms with E-state index in [2.05, 4.69) is 31.3 Å². The lowest BCUT2D eigenvalue weighted by atomic mass is 10.0. The van der Waals surface area contributed by atoms with Crippen LogP contribution in [0.1, 0.15) is 251 Å². The first-order valence-electron chi connectivity index (χ1n) is 24.1. The van der Waals surface area contributed by atoms with E-state index >= 15 is 0 Å². The average Bonchev–Trinajstić information content (AvgIpc) is 3.18. The molecule has 324 valence electrons. The number of allylic oxidation sites excluding steroid dienone is 3. The number of amides is 1. The summed E-state index contributed by atoms with van der Waals surface area (Å²) in [6, 6.07) is -0.630. The van der Waals surface area contributed by atoms with Crippen LogP contribution in [0.25, 0.3) is 0 Å². The Morgan fingerprint density at radius 2 is 0.855 bits per heavy atom. The summed E-state index contributed by atoms with van der Waals surface area (Å²) in [5, 5.41) is 22.9. The highest BCUT2D eigenvalue weighted by atomic mass is 16.5. The van der Waals surface area contributed by atoms with Gasteiger partial charge in [0.25, 0.3) is 0 Å². The molecule has 0 fully saturated rings. The maximum atomic E-state index is 12.3. The number of hydrogen-bond acceptors (Lipinski definition) is 5. The van der Waals surface area contributed by atoms with E-state index in [0.29, 0.717) is 19.4 Å². The van der Waals surface area contributed by atoms with Gasteiger partial charge in [0.2, 0.25) is 5.91 Å². The summed E-state index contributed by atoms with van der Waals surface area (Å²) in [6.45, 7) is 4.83. The molecule has 55 heavy (non-hydrogen) atoms. The molecule has 0 aliphatic heterocycles. The van der Waals surface area contributed by atoms with Crippen molar-refractivity contribution in [2.24, 2.45) is 0 Å². The zero-order valence-electron chi connectivity index (χ0n) is 36.7. The SMILES string of the molecule is CCCCCC/C=C\CCCCCCCC(=O)OCCCCCCCCCCCCCCCCCCC(=O)NC(CO)C(O)/C=C/CCCCCCCCC. The van der Waals surface area contributed by atoms with Gasteiger partial charge in [-0.3, -0.25) is 9.59 Å². The van der Waals surface area contributed by atoms with Gasteiger partial charge in [-0.25, -0.2) is 0 Å². The van der Waals surface area contributed by atoms with Gasteiger partial charge in [-0.15, -0.1) is 0 Å². The van der Waals surface area contributed by atoms with Gasteiger partial charge in [-0.2, -0.15) is 0 Å². The smallest absolute Gasteiger partial charge is 0.305 e. The molecule has 0 saturated carbocycles. The minimum Gasteiger partial charge on any atom is -0.466 e. The maximum absolute atomic E-state index is 12.3. The van der Waals surface area contributed by atoms with E-state index in [1.165, 1.54) is 180 Å². The normalized spacial score (nSPS) is 12.9. The lowest BCUT2D eigenvalue weighted by molar-refractivity contribution is -0.143. The minimum atomic E-state index is -0.846. The molecule has 0 radical (unpaired) electrons. The number of hydrogen-bond donors (Lipinski definition) is 3. The van der Waals surface area contributed by atoms with E-state index in [4.69, 9.17) is 4.74 Å².